The van der Waals surface area contributed by atoms with Gasteiger partial charge < -0.3 is 14.6 Å². The van der Waals surface area contributed by atoms with Gasteiger partial charge in [0.15, 0.2) is 0 Å². The molecule has 60 valence electrons. The Kier molecular flexibility index (Phi) is 4.66. The van der Waals surface area contributed by atoms with Crippen molar-refractivity contribution in [2.45, 2.75) is 19.4 Å². The van der Waals surface area contributed by atoms with E-state index in [1.165, 1.54) is 7.11 Å². The highest BCUT2D eigenvalue weighted by Crippen LogP contribution is 1.91. The van der Waals surface area contributed by atoms with Crippen LogP contribution in [0.25, 0.3) is 0 Å². The fourth-order valence-corrected chi connectivity index (χ4v) is 0.341. The van der Waals surface area contributed by atoms with Crippen LogP contribution in [0.15, 0.2) is 0 Å². The lowest BCUT2D eigenvalue weighted by atomic mass is 10.3. The molecule has 0 aromatic heterocycles. The molecule has 4 heteroatoms. The van der Waals surface area contributed by atoms with E-state index >= 15 is 0 Å². The molecule has 0 fully saturated rings. The summed E-state index contributed by atoms with van der Waals surface area (Å²) in [5.41, 5.74) is 0. The first-order chi connectivity index (χ1) is 4.70. The van der Waals surface area contributed by atoms with Crippen molar-refractivity contribution in [1.82, 2.24) is 0 Å². The number of ether oxygens (including phenoxy) is 2. The van der Waals surface area contributed by atoms with Crippen molar-refractivity contribution in [3.05, 3.63) is 0 Å². The second kappa shape index (κ2) is 5.05. The summed E-state index contributed by atoms with van der Waals surface area (Å²) >= 11 is 0. The number of carbonyl (C=O) groups is 1. The van der Waals surface area contributed by atoms with Crippen LogP contribution in [0.4, 0.5) is 4.79 Å². The molecule has 0 aromatic carbocycles. The summed E-state index contributed by atoms with van der Waals surface area (Å²) in [4.78, 5) is 10.3. The molecule has 0 rings (SSSR count). The Hall–Kier alpha value is -0.770. The van der Waals surface area contributed by atoms with E-state index in [1.807, 2.05) is 0 Å². The molecule has 1 unspecified atom stereocenters. The maximum absolute atomic E-state index is 10.3. The lowest BCUT2D eigenvalue weighted by molar-refractivity contribution is 0.0282. The van der Waals surface area contributed by atoms with Crippen molar-refractivity contribution < 1.29 is 19.4 Å². The van der Waals surface area contributed by atoms with Crippen LogP contribution in [-0.4, -0.2) is 31.1 Å². The SMILES string of the molecule is CCC(O)COC(=O)OC. The Balaban J connectivity index is 3.26. The molecule has 4 nitrogen and oxygen atoms in total. The van der Waals surface area contributed by atoms with Gasteiger partial charge in [0.05, 0.1) is 13.2 Å². The summed E-state index contributed by atoms with van der Waals surface area (Å²) in [6, 6.07) is 0. The Morgan fingerprint density at radius 1 is 1.70 bits per heavy atom. The largest absolute Gasteiger partial charge is 0.508 e. The van der Waals surface area contributed by atoms with Gasteiger partial charge in [-0.25, -0.2) is 4.79 Å². The number of aliphatic hydroxyl groups excluding tert-OH is 1. The predicted octanol–water partition coefficient (Wildman–Crippen LogP) is 0.540. The fraction of sp³-hybridized carbons (Fsp3) is 0.833. The standard InChI is InChI=1S/C6H12O4/c1-3-5(7)4-10-6(8)9-2/h5,7H,3-4H2,1-2H3. The summed E-state index contributed by atoms with van der Waals surface area (Å²) < 4.78 is 8.61. The Morgan fingerprint density at radius 3 is 2.70 bits per heavy atom. The molecule has 1 N–H and O–H groups in total. The lowest BCUT2D eigenvalue weighted by Crippen LogP contribution is -2.17. The van der Waals surface area contributed by atoms with Gasteiger partial charge in [-0.2, -0.15) is 0 Å². The molecule has 0 saturated carbocycles. The monoisotopic (exact) mass is 148 g/mol. The minimum atomic E-state index is -0.757. The first kappa shape index (κ1) is 9.23. The van der Waals surface area contributed by atoms with Gasteiger partial charge in [0.25, 0.3) is 0 Å². The zero-order valence-electron chi connectivity index (χ0n) is 6.16. The van der Waals surface area contributed by atoms with Crippen molar-refractivity contribution in [1.29, 1.82) is 0 Å². The molecule has 0 bridgehead atoms. The molecule has 0 aromatic rings. The van der Waals surface area contributed by atoms with Gasteiger partial charge in [-0.1, -0.05) is 6.92 Å². The normalized spacial score (nSPS) is 12.3. The van der Waals surface area contributed by atoms with Crippen molar-refractivity contribution >= 4 is 6.16 Å². The molecule has 0 aliphatic heterocycles. The van der Waals surface area contributed by atoms with Gasteiger partial charge >= 0.3 is 6.16 Å². The topological polar surface area (TPSA) is 55.8 Å². The van der Waals surface area contributed by atoms with Crippen LogP contribution in [0.1, 0.15) is 13.3 Å². The highest BCUT2D eigenvalue weighted by molar-refractivity contribution is 5.59. The molecule has 0 amide bonds. The second-order valence-corrected chi connectivity index (χ2v) is 1.83. The number of rotatable bonds is 3. The Labute approximate surface area is 59.7 Å². The first-order valence-electron chi connectivity index (χ1n) is 3.09. The van der Waals surface area contributed by atoms with E-state index in [0.717, 1.165) is 0 Å². The average Bonchev–Trinajstić information content (AvgIpc) is 1.99. The van der Waals surface area contributed by atoms with E-state index in [0.29, 0.717) is 6.42 Å². The third-order valence-corrected chi connectivity index (χ3v) is 1.03. The van der Waals surface area contributed by atoms with Gasteiger partial charge in [0.2, 0.25) is 0 Å². The fourth-order valence-electron chi connectivity index (χ4n) is 0.341. The van der Waals surface area contributed by atoms with Crippen molar-refractivity contribution in [2.75, 3.05) is 13.7 Å². The molecule has 1 atom stereocenters. The molecular weight excluding hydrogens is 136 g/mol. The predicted molar refractivity (Wildman–Crippen MR) is 34.7 cm³/mol. The number of carbonyl (C=O) groups excluding carboxylic acids is 1. The van der Waals surface area contributed by atoms with Crippen LogP contribution in [-0.2, 0) is 9.47 Å². The Morgan fingerprint density at radius 2 is 2.30 bits per heavy atom. The molecule has 0 spiro atoms. The summed E-state index contributed by atoms with van der Waals surface area (Å²) in [5, 5.41) is 8.87. The van der Waals surface area contributed by atoms with E-state index in [4.69, 9.17) is 5.11 Å². The third-order valence-electron chi connectivity index (χ3n) is 1.03. The minimum Gasteiger partial charge on any atom is -0.438 e. The van der Waals surface area contributed by atoms with Crippen LogP contribution in [0.2, 0.25) is 0 Å². The van der Waals surface area contributed by atoms with E-state index in [1.54, 1.807) is 6.92 Å². The lowest BCUT2D eigenvalue weighted by Gasteiger charge is -2.06. The van der Waals surface area contributed by atoms with Crippen LogP contribution >= 0.6 is 0 Å². The van der Waals surface area contributed by atoms with Crippen molar-refractivity contribution in [3.8, 4) is 0 Å². The van der Waals surface area contributed by atoms with Gasteiger partial charge in [-0.3, -0.25) is 0 Å². The van der Waals surface area contributed by atoms with Crippen LogP contribution in [0.5, 0.6) is 0 Å². The highest BCUT2D eigenvalue weighted by Gasteiger charge is 2.04. The molecule has 0 radical (unpaired) electrons. The maximum atomic E-state index is 10.3. The molecule has 0 saturated heterocycles. The van der Waals surface area contributed by atoms with Gasteiger partial charge in [-0.05, 0) is 6.42 Å². The van der Waals surface area contributed by atoms with E-state index in [9.17, 15) is 4.79 Å². The number of hydrogen-bond donors (Lipinski definition) is 1. The second-order valence-electron chi connectivity index (χ2n) is 1.83. The van der Waals surface area contributed by atoms with Crippen LogP contribution < -0.4 is 0 Å². The third kappa shape index (κ3) is 4.14. The van der Waals surface area contributed by atoms with Crippen LogP contribution in [0, 0.1) is 0 Å². The van der Waals surface area contributed by atoms with E-state index < -0.39 is 12.3 Å². The number of hydrogen-bond acceptors (Lipinski definition) is 4. The van der Waals surface area contributed by atoms with Crippen LogP contribution in [0.3, 0.4) is 0 Å². The molecule has 0 aliphatic carbocycles. The van der Waals surface area contributed by atoms with E-state index in [2.05, 4.69) is 9.47 Å². The van der Waals surface area contributed by atoms with Gasteiger partial charge in [0, 0.05) is 0 Å². The van der Waals surface area contributed by atoms with Crippen molar-refractivity contribution in [3.63, 3.8) is 0 Å². The summed E-state index contributed by atoms with van der Waals surface area (Å²) in [5.74, 6) is 0. The Bertz CT molecular complexity index is 102. The summed E-state index contributed by atoms with van der Waals surface area (Å²) in [6.45, 7) is 1.80. The van der Waals surface area contributed by atoms with E-state index in [-0.39, 0.29) is 6.61 Å². The molecule has 0 aliphatic rings. The minimum absolute atomic E-state index is 0.00315. The smallest absolute Gasteiger partial charge is 0.438 e. The zero-order valence-corrected chi connectivity index (χ0v) is 6.16. The number of methoxy groups -OCH3 is 1. The highest BCUT2D eigenvalue weighted by atomic mass is 16.7. The summed E-state index contributed by atoms with van der Waals surface area (Å²) in [6.07, 6.45) is -0.775. The van der Waals surface area contributed by atoms with Crippen molar-refractivity contribution in [2.24, 2.45) is 0 Å². The zero-order chi connectivity index (χ0) is 7.98. The quantitative estimate of drug-likeness (QED) is 0.593. The summed E-state index contributed by atoms with van der Waals surface area (Å²) in [7, 11) is 1.22. The molecule has 10 heavy (non-hydrogen) atoms. The number of aliphatic hydroxyl groups is 1. The van der Waals surface area contributed by atoms with Gasteiger partial charge in [-0.15, -0.1) is 0 Å². The average molecular weight is 148 g/mol. The van der Waals surface area contributed by atoms with Gasteiger partial charge in [0.1, 0.15) is 6.61 Å². The molecule has 0 heterocycles. The first-order valence-corrected chi connectivity index (χ1v) is 3.09. The maximum Gasteiger partial charge on any atom is 0.508 e. The molecular formula is C6H12O4.